The fourth-order valence-corrected chi connectivity index (χ4v) is 2.22. The highest BCUT2D eigenvalue weighted by Gasteiger charge is 2.28. The predicted octanol–water partition coefficient (Wildman–Crippen LogP) is 1.48. The Morgan fingerprint density at radius 2 is 2.16 bits per heavy atom. The lowest BCUT2D eigenvalue weighted by Crippen LogP contribution is -2.45. The summed E-state index contributed by atoms with van der Waals surface area (Å²) < 4.78 is 1.79. The van der Waals surface area contributed by atoms with Gasteiger partial charge in [0.25, 0.3) is 5.91 Å². The fraction of sp³-hybridized carbons (Fsp3) is 0.714. The van der Waals surface area contributed by atoms with Gasteiger partial charge in [-0.1, -0.05) is 6.92 Å². The fourth-order valence-electron chi connectivity index (χ4n) is 2.22. The van der Waals surface area contributed by atoms with Crippen molar-refractivity contribution in [3.05, 3.63) is 18.0 Å². The van der Waals surface area contributed by atoms with Gasteiger partial charge in [-0.2, -0.15) is 5.10 Å². The molecular weight excluding hydrogens is 242 g/mol. The minimum Gasteiger partial charge on any atom is -0.391 e. The molecule has 1 amide bonds. The lowest BCUT2D eigenvalue weighted by Gasteiger charge is -2.34. The van der Waals surface area contributed by atoms with Crippen molar-refractivity contribution >= 4 is 5.91 Å². The average Bonchev–Trinajstić information content (AvgIpc) is 2.81. The van der Waals surface area contributed by atoms with Crippen molar-refractivity contribution in [1.29, 1.82) is 0 Å². The predicted molar refractivity (Wildman–Crippen MR) is 72.9 cm³/mol. The number of hydrogen-bond donors (Lipinski definition) is 1. The van der Waals surface area contributed by atoms with Crippen molar-refractivity contribution < 1.29 is 9.90 Å². The zero-order chi connectivity index (χ0) is 14.2. The molecule has 0 radical (unpaired) electrons. The molecule has 1 fully saturated rings. The highest BCUT2D eigenvalue weighted by Crippen LogP contribution is 2.20. The average molecular weight is 265 g/mol. The molecule has 0 aromatic carbocycles. The molecule has 106 valence electrons. The van der Waals surface area contributed by atoms with Crippen LogP contribution < -0.4 is 0 Å². The van der Waals surface area contributed by atoms with Gasteiger partial charge in [-0.3, -0.25) is 9.48 Å². The number of piperidine rings is 1. The van der Waals surface area contributed by atoms with E-state index in [1.807, 2.05) is 27.7 Å². The quantitative estimate of drug-likeness (QED) is 0.836. The van der Waals surface area contributed by atoms with Crippen LogP contribution in [0.1, 0.15) is 44.5 Å². The smallest absolute Gasteiger partial charge is 0.257 e. The summed E-state index contributed by atoms with van der Waals surface area (Å²) in [4.78, 5) is 14.1. The van der Waals surface area contributed by atoms with Crippen molar-refractivity contribution in [2.24, 2.45) is 5.92 Å². The van der Waals surface area contributed by atoms with Crippen LogP contribution in [0.4, 0.5) is 0 Å². The molecule has 2 atom stereocenters. The molecule has 1 aromatic heterocycles. The van der Waals surface area contributed by atoms with Crippen LogP contribution in [0.15, 0.2) is 12.4 Å². The molecule has 1 aliphatic heterocycles. The number of nitrogens with zero attached hydrogens (tertiary/aromatic N) is 3. The third-order valence-corrected chi connectivity index (χ3v) is 3.72. The van der Waals surface area contributed by atoms with Gasteiger partial charge in [0.1, 0.15) is 0 Å². The van der Waals surface area contributed by atoms with Crippen LogP contribution in [0.25, 0.3) is 0 Å². The Morgan fingerprint density at radius 3 is 2.68 bits per heavy atom. The molecule has 1 N–H and O–H groups in total. The minimum atomic E-state index is -0.421. The molecule has 2 unspecified atom stereocenters. The lowest BCUT2D eigenvalue weighted by molar-refractivity contribution is 0.0248. The topological polar surface area (TPSA) is 58.4 Å². The Balaban J connectivity index is 2.10. The molecule has 0 bridgehead atoms. The summed E-state index contributed by atoms with van der Waals surface area (Å²) in [6.45, 7) is 9.27. The maximum absolute atomic E-state index is 12.4. The Morgan fingerprint density at radius 1 is 1.47 bits per heavy atom. The second-order valence-corrected chi connectivity index (χ2v) is 6.43. The lowest BCUT2D eigenvalue weighted by atomic mass is 9.96. The number of hydrogen-bond acceptors (Lipinski definition) is 3. The molecule has 1 aliphatic rings. The largest absolute Gasteiger partial charge is 0.391 e. The molecule has 5 heteroatoms. The van der Waals surface area contributed by atoms with Crippen molar-refractivity contribution in [2.75, 3.05) is 13.1 Å². The van der Waals surface area contributed by atoms with Crippen LogP contribution in [-0.2, 0) is 5.54 Å². The summed E-state index contributed by atoms with van der Waals surface area (Å²) in [5.41, 5.74) is 0.464. The number of carbonyl (C=O) groups is 1. The van der Waals surface area contributed by atoms with E-state index in [2.05, 4.69) is 5.10 Å². The number of aliphatic hydroxyl groups is 1. The third-order valence-electron chi connectivity index (χ3n) is 3.72. The van der Waals surface area contributed by atoms with Crippen LogP contribution in [0.5, 0.6) is 0 Å². The van der Waals surface area contributed by atoms with Crippen LogP contribution in [0, 0.1) is 5.92 Å². The molecule has 1 aromatic rings. The van der Waals surface area contributed by atoms with Crippen LogP contribution in [0.3, 0.4) is 0 Å². The highest BCUT2D eigenvalue weighted by atomic mass is 16.3. The summed E-state index contributed by atoms with van der Waals surface area (Å²) in [6.07, 6.45) is 3.82. The van der Waals surface area contributed by atoms with E-state index in [1.165, 1.54) is 0 Å². The minimum absolute atomic E-state index is 0.0403. The van der Waals surface area contributed by atoms with Crippen molar-refractivity contribution in [3.8, 4) is 0 Å². The monoisotopic (exact) mass is 265 g/mol. The first kappa shape index (κ1) is 14.1. The van der Waals surface area contributed by atoms with E-state index in [0.29, 0.717) is 18.7 Å². The van der Waals surface area contributed by atoms with Gasteiger partial charge < -0.3 is 10.0 Å². The number of carbonyl (C=O) groups excluding carboxylic acids is 1. The van der Waals surface area contributed by atoms with E-state index in [1.54, 1.807) is 22.0 Å². The van der Waals surface area contributed by atoms with Gasteiger partial charge in [0, 0.05) is 19.3 Å². The van der Waals surface area contributed by atoms with Gasteiger partial charge in [-0.15, -0.1) is 0 Å². The number of aromatic nitrogens is 2. The second kappa shape index (κ2) is 4.96. The SMILES string of the molecule is CC1CCN(C(=O)c2cnn(C(C)(C)C)c2)CC1O. The molecule has 2 heterocycles. The van der Waals surface area contributed by atoms with Crippen molar-refractivity contribution in [2.45, 2.75) is 45.8 Å². The molecule has 5 nitrogen and oxygen atoms in total. The zero-order valence-electron chi connectivity index (χ0n) is 12.1. The standard InChI is InChI=1S/C14H23N3O2/c1-10-5-6-16(9-12(10)18)13(19)11-7-15-17(8-11)14(2,3)4/h7-8,10,12,18H,5-6,9H2,1-4H3. The maximum atomic E-state index is 12.4. The first-order chi connectivity index (χ1) is 8.79. The summed E-state index contributed by atoms with van der Waals surface area (Å²) in [6, 6.07) is 0. The Bertz CT molecular complexity index is 462. The van der Waals surface area contributed by atoms with Crippen LogP contribution in [0.2, 0.25) is 0 Å². The number of rotatable bonds is 1. The van der Waals surface area contributed by atoms with E-state index >= 15 is 0 Å². The number of likely N-dealkylation sites (tertiary alicyclic amines) is 1. The van der Waals surface area contributed by atoms with E-state index in [9.17, 15) is 9.90 Å². The molecular formula is C14H23N3O2. The zero-order valence-corrected chi connectivity index (χ0v) is 12.1. The van der Waals surface area contributed by atoms with E-state index < -0.39 is 6.10 Å². The summed E-state index contributed by atoms with van der Waals surface area (Å²) >= 11 is 0. The first-order valence-corrected chi connectivity index (χ1v) is 6.81. The normalized spacial score (nSPS) is 24.6. The second-order valence-electron chi connectivity index (χ2n) is 6.43. The van der Waals surface area contributed by atoms with Gasteiger partial charge in [0.05, 0.1) is 23.4 Å². The first-order valence-electron chi connectivity index (χ1n) is 6.81. The summed E-state index contributed by atoms with van der Waals surface area (Å²) in [7, 11) is 0. The van der Waals surface area contributed by atoms with Gasteiger partial charge in [0.15, 0.2) is 0 Å². The molecule has 0 spiro atoms. The highest BCUT2D eigenvalue weighted by molar-refractivity contribution is 5.93. The van der Waals surface area contributed by atoms with E-state index in [-0.39, 0.29) is 17.4 Å². The summed E-state index contributed by atoms with van der Waals surface area (Å²) in [5.74, 6) is 0.225. The van der Waals surface area contributed by atoms with Gasteiger partial charge in [-0.05, 0) is 33.1 Å². The maximum Gasteiger partial charge on any atom is 0.257 e. The van der Waals surface area contributed by atoms with Crippen molar-refractivity contribution in [3.63, 3.8) is 0 Å². The van der Waals surface area contributed by atoms with Gasteiger partial charge in [0.2, 0.25) is 0 Å². The Labute approximate surface area is 114 Å². The molecule has 19 heavy (non-hydrogen) atoms. The van der Waals surface area contributed by atoms with E-state index in [0.717, 1.165) is 6.42 Å². The number of β-amino-alcohol motifs (C(OH)–C–C–N with tert-alkyl or cyclic N) is 1. The number of aliphatic hydroxyl groups excluding tert-OH is 1. The van der Waals surface area contributed by atoms with Crippen LogP contribution in [-0.4, -0.2) is 44.9 Å². The Kier molecular flexibility index (Phi) is 3.67. The van der Waals surface area contributed by atoms with Gasteiger partial charge >= 0.3 is 0 Å². The van der Waals surface area contributed by atoms with E-state index in [4.69, 9.17) is 0 Å². The van der Waals surface area contributed by atoms with Gasteiger partial charge in [-0.25, -0.2) is 0 Å². The molecule has 1 saturated heterocycles. The number of amides is 1. The molecule has 0 aliphatic carbocycles. The third kappa shape index (κ3) is 2.97. The van der Waals surface area contributed by atoms with Crippen LogP contribution >= 0.6 is 0 Å². The van der Waals surface area contributed by atoms with Crippen molar-refractivity contribution in [1.82, 2.24) is 14.7 Å². The molecule has 0 saturated carbocycles. The summed E-state index contributed by atoms with van der Waals surface area (Å²) in [5, 5.41) is 14.1. The Hall–Kier alpha value is -1.36. The molecule has 2 rings (SSSR count).